The lowest BCUT2D eigenvalue weighted by molar-refractivity contribution is -0.384. The van der Waals surface area contributed by atoms with E-state index in [1.807, 2.05) is 49.6 Å². The molecule has 1 aromatic heterocycles. The van der Waals surface area contributed by atoms with Crippen molar-refractivity contribution in [2.24, 2.45) is 10.1 Å². The van der Waals surface area contributed by atoms with Gasteiger partial charge in [-0.25, -0.2) is 9.67 Å². The van der Waals surface area contributed by atoms with Crippen molar-refractivity contribution in [1.29, 1.82) is 0 Å². The van der Waals surface area contributed by atoms with Gasteiger partial charge in [0.05, 0.1) is 35.2 Å². The molecule has 0 saturated carbocycles. The lowest BCUT2D eigenvalue weighted by Crippen LogP contribution is -2.36. The molecular formula is C28H27N5O3S. The largest absolute Gasteiger partial charge is 0.378 e. The van der Waals surface area contributed by atoms with Gasteiger partial charge in [0.2, 0.25) is 4.80 Å². The monoisotopic (exact) mass is 513 g/mol. The summed E-state index contributed by atoms with van der Waals surface area (Å²) in [6, 6.07) is 22.9. The fraction of sp³-hybridized carbons (Fsp3) is 0.214. The van der Waals surface area contributed by atoms with Crippen LogP contribution in [0.1, 0.15) is 18.1 Å². The first-order valence-electron chi connectivity index (χ1n) is 12.0. The van der Waals surface area contributed by atoms with Crippen LogP contribution in [0.2, 0.25) is 0 Å². The van der Waals surface area contributed by atoms with Crippen LogP contribution in [0.3, 0.4) is 0 Å². The first-order valence-corrected chi connectivity index (χ1v) is 12.9. The molecule has 0 amide bonds. The summed E-state index contributed by atoms with van der Waals surface area (Å²) in [5, 5.41) is 18.3. The van der Waals surface area contributed by atoms with Gasteiger partial charge in [0.25, 0.3) is 5.69 Å². The summed E-state index contributed by atoms with van der Waals surface area (Å²) in [5.74, 6) is 0. The van der Waals surface area contributed by atoms with E-state index in [1.165, 1.54) is 17.4 Å². The van der Waals surface area contributed by atoms with Crippen molar-refractivity contribution in [1.82, 2.24) is 4.68 Å². The summed E-state index contributed by atoms with van der Waals surface area (Å²) in [6.07, 6.45) is 0. The molecule has 0 aliphatic carbocycles. The molecule has 9 heteroatoms. The molecule has 1 aliphatic heterocycles. The Bertz CT molecular complexity index is 1520. The number of rotatable bonds is 6. The van der Waals surface area contributed by atoms with E-state index >= 15 is 0 Å². The van der Waals surface area contributed by atoms with Gasteiger partial charge in [-0.15, -0.1) is 11.3 Å². The number of benzene rings is 3. The van der Waals surface area contributed by atoms with Gasteiger partial charge in [-0.05, 0) is 43.2 Å². The molecule has 0 N–H and O–H groups in total. The minimum absolute atomic E-state index is 0.0343. The zero-order valence-corrected chi connectivity index (χ0v) is 21.5. The Labute approximate surface area is 219 Å². The van der Waals surface area contributed by atoms with Crippen LogP contribution in [-0.4, -0.2) is 41.6 Å². The Balaban J connectivity index is 1.58. The first kappa shape index (κ1) is 24.6. The number of hydrogen-bond acceptors (Lipinski definition) is 7. The number of nitro groups is 1. The van der Waals surface area contributed by atoms with Gasteiger partial charge in [0, 0.05) is 41.9 Å². The highest BCUT2D eigenvalue weighted by Crippen LogP contribution is 2.26. The SMILES string of the molecule is C/C(=N/n1c(-c2cccc([N+](=O)[O-])c2)csc1=Nc1ccccc1C)c1ccc(N2CCOCC2)cc1. The minimum Gasteiger partial charge on any atom is -0.378 e. The molecule has 1 saturated heterocycles. The number of anilines is 1. The second kappa shape index (κ2) is 10.9. The van der Waals surface area contributed by atoms with Crippen molar-refractivity contribution in [2.45, 2.75) is 13.8 Å². The highest BCUT2D eigenvalue weighted by molar-refractivity contribution is 7.07. The minimum atomic E-state index is -0.386. The maximum Gasteiger partial charge on any atom is 0.270 e. The second-order valence-electron chi connectivity index (χ2n) is 8.75. The third kappa shape index (κ3) is 5.52. The van der Waals surface area contributed by atoms with E-state index in [-0.39, 0.29) is 10.6 Å². The summed E-state index contributed by atoms with van der Waals surface area (Å²) in [6.45, 7) is 7.22. The number of morpholine rings is 1. The average molecular weight is 514 g/mol. The van der Waals surface area contributed by atoms with E-state index in [0.29, 0.717) is 10.4 Å². The van der Waals surface area contributed by atoms with E-state index in [1.54, 1.807) is 16.8 Å². The third-order valence-corrected chi connectivity index (χ3v) is 7.10. The van der Waals surface area contributed by atoms with E-state index < -0.39 is 0 Å². The van der Waals surface area contributed by atoms with Crippen LogP contribution in [0.4, 0.5) is 17.1 Å². The van der Waals surface area contributed by atoms with Gasteiger partial charge >= 0.3 is 0 Å². The van der Waals surface area contributed by atoms with Crippen LogP contribution in [0.25, 0.3) is 11.3 Å². The normalized spacial score (nSPS) is 14.7. The second-order valence-corrected chi connectivity index (χ2v) is 9.59. The summed E-state index contributed by atoms with van der Waals surface area (Å²) in [4.78, 5) is 18.9. The molecule has 2 heterocycles. The molecule has 0 unspecified atom stereocenters. The maximum atomic E-state index is 11.4. The predicted octanol–water partition coefficient (Wildman–Crippen LogP) is 5.77. The van der Waals surface area contributed by atoms with Crippen LogP contribution >= 0.6 is 11.3 Å². The van der Waals surface area contributed by atoms with E-state index in [0.717, 1.165) is 60.2 Å². The number of nitrogens with zero attached hydrogens (tertiary/aromatic N) is 5. The number of aromatic nitrogens is 1. The van der Waals surface area contributed by atoms with Crippen molar-refractivity contribution >= 4 is 34.1 Å². The van der Waals surface area contributed by atoms with Crippen molar-refractivity contribution < 1.29 is 9.66 Å². The van der Waals surface area contributed by atoms with Crippen LogP contribution in [0, 0.1) is 17.0 Å². The van der Waals surface area contributed by atoms with Gasteiger partial charge in [0.1, 0.15) is 0 Å². The van der Waals surface area contributed by atoms with Gasteiger partial charge < -0.3 is 9.64 Å². The Kier molecular flexibility index (Phi) is 7.25. The quantitative estimate of drug-likeness (QED) is 0.186. The molecule has 3 aromatic carbocycles. The van der Waals surface area contributed by atoms with E-state index in [9.17, 15) is 10.1 Å². The predicted molar refractivity (Wildman–Crippen MR) is 148 cm³/mol. The zero-order valence-electron chi connectivity index (χ0n) is 20.7. The molecule has 0 spiro atoms. The molecule has 188 valence electrons. The Morgan fingerprint density at radius 1 is 1.03 bits per heavy atom. The van der Waals surface area contributed by atoms with Crippen LogP contribution < -0.4 is 9.70 Å². The molecule has 1 fully saturated rings. The molecule has 0 bridgehead atoms. The van der Waals surface area contributed by atoms with Gasteiger partial charge in [-0.2, -0.15) is 5.10 Å². The number of nitro benzene ring substituents is 1. The molecular weight excluding hydrogens is 486 g/mol. The lowest BCUT2D eigenvalue weighted by atomic mass is 10.1. The molecule has 1 aliphatic rings. The highest BCUT2D eigenvalue weighted by Gasteiger charge is 2.14. The number of non-ortho nitro benzene ring substituents is 1. The number of ether oxygens (including phenoxy) is 1. The number of hydrogen-bond donors (Lipinski definition) is 0. The third-order valence-electron chi connectivity index (χ3n) is 6.28. The first-order chi connectivity index (χ1) is 18.0. The molecule has 8 nitrogen and oxygen atoms in total. The topological polar surface area (TPSA) is 85.3 Å². The van der Waals surface area contributed by atoms with Crippen LogP contribution in [0.5, 0.6) is 0 Å². The summed E-state index contributed by atoms with van der Waals surface area (Å²) in [7, 11) is 0. The van der Waals surface area contributed by atoms with Gasteiger partial charge in [-0.3, -0.25) is 10.1 Å². The number of para-hydroxylation sites is 1. The van der Waals surface area contributed by atoms with E-state index in [2.05, 4.69) is 29.2 Å². The molecule has 0 radical (unpaired) electrons. The number of aryl methyl sites for hydroxylation is 1. The summed E-state index contributed by atoms with van der Waals surface area (Å²) < 4.78 is 7.24. The smallest absolute Gasteiger partial charge is 0.270 e. The number of thiazole rings is 1. The Morgan fingerprint density at radius 2 is 1.78 bits per heavy atom. The Hall–Kier alpha value is -4.08. The molecule has 5 rings (SSSR count). The fourth-order valence-electron chi connectivity index (χ4n) is 4.19. The molecule has 4 aromatic rings. The molecule has 37 heavy (non-hydrogen) atoms. The van der Waals surface area contributed by atoms with Gasteiger partial charge in [-0.1, -0.05) is 42.5 Å². The van der Waals surface area contributed by atoms with Crippen molar-refractivity contribution in [3.63, 3.8) is 0 Å². The van der Waals surface area contributed by atoms with Crippen molar-refractivity contribution in [2.75, 3.05) is 31.2 Å². The van der Waals surface area contributed by atoms with Crippen LogP contribution in [-0.2, 0) is 4.74 Å². The standard InChI is InChI=1S/C28H27N5O3S/c1-20-6-3-4-9-26(20)29-28-32(27(19-37-28)23-7-5-8-25(18-23)33(34)35)30-21(2)22-10-12-24(13-11-22)31-14-16-36-17-15-31/h3-13,18-19H,14-17H2,1-2H3/b29-28?,30-21-. The van der Waals surface area contributed by atoms with Crippen molar-refractivity contribution in [3.05, 3.63) is 104 Å². The fourth-order valence-corrected chi connectivity index (χ4v) is 5.03. The highest BCUT2D eigenvalue weighted by atomic mass is 32.1. The molecule has 0 atom stereocenters. The Morgan fingerprint density at radius 3 is 2.51 bits per heavy atom. The van der Waals surface area contributed by atoms with Crippen molar-refractivity contribution in [3.8, 4) is 11.3 Å². The summed E-state index contributed by atoms with van der Waals surface area (Å²) >= 11 is 1.45. The van der Waals surface area contributed by atoms with Crippen LogP contribution in [0.15, 0.2) is 88.3 Å². The maximum absolute atomic E-state index is 11.4. The zero-order chi connectivity index (χ0) is 25.8. The summed E-state index contributed by atoms with van der Waals surface area (Å²) in [5.41, 5.74) is 6.35. The van der Waals surface area contributed by atoms with E-state index in [4.69, 9.17) is 14.8 Å². The average Bonchev–Trinajstić information content (AvgIpc) is 3.32. The van der Waals surface area contributed by atoms with Gasteiger partial charge in [0.15, 0.2) is 0 Å². The lowest BCUT2D eigenvalue weighted by Gasteiger charge is -2.28.